The van der Waals surface area contributed by atoms with Gasteiger partial charge in [0.15, 0.2) is 0 Å². The number of methoxy groups -OCH3 is 1. The summed E-state index contributed by atoms with van der Waals surface area (Å²) >= 11 is 4.21. The minimum atomic E-state index is -0.329. The number of urea groups is 1. The predicted octanol–water partition coefficient (Wildman–Crippen LogP) is 2.68. The summed E-state index contributed by atoms with van der Waals surface area (Å²) in [7, 11) is 1.58. The molecule has 22 heavy (non-hydrogen) atoms. The van der Waals surface area contributed by atoms with Crippen LogP contribution in [0, 0.1) is 0 Å². The number of aromatic nitrogens is 1. The third-order valence-corrected chi connectivity index (χ3v) is 3.40. The highest BCUT2D eigenvalue weighted by molar-refractivity contribution is 7.82. The second-order valence-corrected chi connectivity index (χ2v) is 5.09. The van der Waals surface area contributed by atoms with Gasteiger partial charge in [-0.25, -0.2) is 14.1 Å². The van der Waals surface area contributed by atoms with E-state index in [0.717, 1.165) is 5.69 Å². The van der Waals surface area contributed by atoms with Gasteiger partial charge in [0.25, 0.3) is 0 Å². The third kappa shape index (κ3) is 4.75. The minimum absolute atomic E-state index is 0.329. The molecule has 1 N–H and O–H groups in total. The summed E-state index contributed by atoms with van der Waals surface area (Å²) in [6.45, 7) is 0.880. The van der Waals surface area contributed by atoms with Crippen molar-refractivity contribution < 1.29 is 9.53 Å². The smallest absolute Gasteiger partial charge is 0.333 e. The van der Waals surface area contributed by atoms with Crippen molar-refractivity contribution >= 4 is 24.7 Å². The second kappa shape index (κ2) is 8.41. The average molecular weight is 317 g/mol. The predicted molar refractivity (Wildman–Crippen MR) is 90.2 cm³/mol. The maximum atomic E-state index is 11.9. The highest BCUT2D eigenvalue weighted by Gasteiger charge is 2.13. The highest BCUT2D eigenvalue weighted by atomic mass is 32.1. The zero-order valence-corrected chi connectivity index (χ0v) is 13.3. The highest BCUT2D eigenvalue weighted by Crippen LogP contribution is 2.15. The Kier molecular flexibility index (Phi) is 6.24. The first-order valence-electron chi connectivity index (χ1n) is 6.96. The van der Waals surface area contributed by atoms with Crippen molar-refractivity contribution in [3.8, 4) is 0 Å². The number of carbonyl (C=O) groups excluding carboxylic acids is 1. The first-order chi connectivity index (χ1) is 10.7. The number of benzene rings is 1. The van der Waals surface area contributed by atoms with Crippen LogP contribution in [0.3, 0.4) is 0 Å². The van der Waals surface area contributed by atoms with Gasteiger partial charge in [-0.3, -0.25) is 0 Å². The van der Waals surface area contributed by atoms with Crippen LogP contribution in [0.1, 0.15) is 11.3 Å². The van der Waals surface area contributed by atoms with Gasteiger partial charge >= 0.3 is 6.03 Å². The van der Waals surface area contributed by atoms with E-state index in [4.69, 9.17) is 4.74 Å². The molecule has 1 heterocycles. The zero-order chi connectivity index (χ0) is 15.8. The largest absolute Gasteiger partial charge is 0.383 e. The number of thiol groups is 1. The first-order valence-corrected chi connectivity index (χ1v) is 7.36. The van der Waals surface area contributed by atoms with Gasteiger partial charge in [0.1, 0.15) is 5.82 Å². The van der Waals surface area contributed by atoms with Crippen molar-refractivity contribution in [3.63, 3.8) is 0 Å². The molecule has 0 unspecified atom stereocenters. The molecular weight excluding hydrogens is 298 g/mol. The molecule has 0 spiro atoms. The molecule has 0 bridgehead atoms. The molecule has 0 aliphatic heterocycles. The van der Waals surface area contributed by atoms with E-state index in [-0.39, 0.29) is 6.03 Å². The number of carbonyl (C=O) groups is 1. The summed E-state index contributed by atoms with van der Waals surface area (Å²) < 4.78 is 6.09. The number of hydrogen-bond acceptors (Lipinski definition) is 4. The standard InChI is InChI=1S/C16H19N3O2S/c1-21-11-10-17-16(20)19(22)15-9-5-8-14(18-15)12-13-6-3-2-4-7-13/h2-9,22H,10-12H2,1H3,(H,17,20). The van der Waals surface area contributed by atoms with Crippen LogP contribution in [-0.4, -0.2) is 31.3 Å². The van der Waals surface area contributed by atoms with Crippen molar-refractivity contribution in [3.05, 3.63) is 59.8 Å². The Labute approximate surface area is 135 Å². The molecular formula is C16H19N3O2S. The van der Waals surface area contributed by atoms with Gasteiger partial charge in [0.2, 0.25) is 0 Å². The molecule has 0 aliphatic rings. The molecule has 0 saturated carbocycles. The number of pyridine rings is 1. The summed E-state index contributed by atoms with van der Waals surface area (Å²) in [6.07, 6.45) is 0.710. The molecule has 0 fully saturated rings. The van der Waals surface area contributed by atoms with Gasteiger partial charge in [-0.2, -0.15) is 0 Å². The lowest BCUT2D eigenvalue weighted by atomic mass is 10.1. The van der Waals surface area contributed by atoms with Crippen LogP contribution in [0.4, 0.5) is 10.6 Å². The Morgan fingerprint density at radius 3 is 2.73 bits per heavy atom. The van der Waals surface area contributed by atoms with E-state index < -0.39 is 0 Å². The lowest BCUT2D eigenvalue weighted by Gasteiger charge is -2.16. The average Bonchev–Trinajstić information content (AvgIpc) is 2.55. The van der Waals surface area contributed by atoms with Crippen LogP contribution in [0.5, 0.6) is 0 Å². The Balaban J connectivity index is 2.02. The SMILES string of the molecule is COCCNC(=O)N(S)c1cccc(Cc2ccccc2)n1. The van der Waals surface area contributed by atoms with E-state index in [1.807, 2.05) is 42.5 Å². The minimum Gasteiger partial charge on any atom is -0.383 e. The zero-order valence-electron chi connectivity index (χ0n) is 12.4. The number of rotatable bonds is 6. The normalized spacial score (nSPS) is 10.3. The Bertz CT molecular complexity index is 607. The Hall–Kier alpha value is -2.05. The first kappa shape index (κ1) is 16.3. The fourth-order valence-electron chi connectivity index (χ4n) is 1.93. The van der Waals surface area contributed by atoms with Crippen LogP contribution in [0.25, 0.3) is 0 Å². The van der Waals surface area contributed by atoms with Crippen LogP contribution in [0.15, 0.2) is 48.5 Å². The molecule has 1 aromatic heterocycles. The van der Waals surface area contributed by atoms with Crippen molar-refractivity contribution in [2.75, 3.05) is 24.6 Å². The van der Waals surface area contributed by atoms with Crippen LogP contribution in [-0.2, 0) is 11.2 Å². The summed E-state index contributed by atoms with van der Waals surface area (Å²) in [4.78, 5) is 16.4. The molecule has 116 valence electrons. The summed E-state index contributed by atoms with van der Waals surface area (Å²) in [6, 6.07) is 15.3. The molecule has 2 aromatic rings. The van der Waals surface area contributed by atoms with E-state index >= 15 is 0 Å². The summed E-state index contributed by atoms with van der Waals surface area (Å²) in [5, 5.41) is 2.70. The van der Waals surface area contributed by atoms with Crippen molar-refractivity contribution in [2.45, 2.75) is 6.42 Å². The number of nitrogens with one attached hydrogen (secondary N) is 1. The van der Waals surface area contributed by atoms with Gasteiger partial charge in [-0.15, -0.1) is 0 Å². The Morgan fingerprint density at radius 1 is 1.23 bits per heavy atom. The maximum absolute atomic E-state index is 11.9. The quantitative estimate of drug-likeness (QED) is 0.636. The van der Waals surface area contributed by atoms with Crippen LogP contribution in [0.2, 0.25) is 0 Å². The second-order valence-electron chi connectivity index (χ2n) is 4.69. The van der Waals surface area contributed by atoms with Crippen LogP contribution >= 0.6 is 12.8 Å². The van der Waals surface area contributed by atoms with E-state index in [1.165, 1.54) is 9.87 Å². The molecule has 0 atom stereocenters. The molecule has 5 nitrogen and oxygen atoms in total. The maximum Gasteiger partial charge on any atom is 0.333 e. The number of hydrogen-bond donors (Lipinski definition) is 2. The summed E-state index contributed by atoms with van der Waals surface area (Å²) in [5.41, 5.74) is 2.05. The lowest BCUT2D eigenvalue weighted by Crippen LogP contribution is -2.36. The monoisotopic (exact) mass is 317 g/mol. The fraction of sp³-hybridized carbons (Fsp3) is 0.250. The topological polar surface area (TPSA) is 54.5 Å². The van der Waals surface area contributed by atoms with E-state index in [9.17, 15) is 4.79 Å². The molecule has 2 rings (SSSR count). The third-order valence-electron chi connectivity index (χ3n) is 3.01. The van der Waals surface area contributed by atoms with Gasteiger partial charge < -0.3 is 10.1 Å². The van der Waals surface area contributed by atoms with Gasteiger partial charge in [0.05, 0.1) is 6.61 Å². The fourth-order valence-corrected chi connectivity index (χ4v) is 2.11. The molecule has 0 saturated heterocycles. The van der Waals surface area contributed by atoms with Crippen molar-refractivity contribution in [2.24, 2.45) is 0 Å². The van der Waals surface area contributed by atoms with Crippen molar-refractivity contribution in [1.29, 1.82) is 0 Å². The van der Waals surface area contributed by atoms with Crippen LogP contribution < -0.4 is 9.62 Å². The van der Waals surface area contributed by atoms with E-state index in [1.54, 1.807) is 13.2 Å². The number of ether oxygens (including phenoxy) is 1. The van der Waals surface area contributed by atoms with E-state index in [2.05, 4.69) is 23.1 Å². The molecule has 6 heteroatoms. The number of amides is 2. The molecule has 1 aromatic carbocycles. The summed E-state index contributed by atoms with van der Waals surface area (Å²) in [5.74, 6) is 0.492. The van der Waals surface area contributed by atoms with Gasteiger partial charge in [0, 0.05) is 25.8 Å². The Morgan fingerprint density at radius 2 is 2.00 bits per heavy atom. The number of anilines is 1. The molecule has 0 radical (unpaired) electrons. The number of nitrogens with zero attached hydrogens (tertiary/aromatic N) is 2. The molecule has 2 amide bonds. The molecule has 0 aliphatic carbocycles. The van der Waals surface area contributed by atoms with E-state index in [0.29, 0.717) is 25.4 Å². The lowest BCUT2D eigenvalue weighted by molar-refractivity contribution is 0.197. The van der Waals surface area contributed by atoms with Crippen molar-refractivity contribution in [1.82, 2.24) is 10.3 Å². The van der Waals surface area contributed by atoms with Gasteiger partial charge in [-0.1, -0.05) is 49.2 Å². The van der Waals surface area contributed by atoms with Gasteiger partial charge in [-0.05, 0) is 17.7 Å².